The lowest BCUT2D eigenvalue weighted by Crippen LogP contribution is -2.37. The summed E-state index contributed by atoms with van der Waals surface area (Å²) < 4.78 is 15.7. The van der Waals surface area contributed by atoms with Crippen molar-refractivity contribution in [2.75, 3.05) is 24.2 Å². The first-order valence-corrected chi connectivity index (χ1v) is 11.1. The second-order valence-electron chi connectivity index (χ2n) is 7.40. The number of anilines is 1. The van der Waals surface area contributed by atoms with Gasteiger partial charge in [-0.25, -0.2) is 4.39 Å². The van der Waals surface area contributed by atoms with Gasteiger partial charge in [-0.3, -0.25) is 9.59 Å². The molecule has 0 atom stereocenters. The molecule has 5 nitrogen and oxygen atoms in total. The molecule has 0 aliphatic carbocycles. The van der Waals surface area contributed by atoms with Crippen LogP contribution in [0.25, 0.3) is 10.9 Å². The molecular weight excluding hydrogens is 401 g/mol. The van der Waals surface area contributed by atoms with Crippen molar-refractivity contribution in [1.29, 1.82) is 0 Å². The molecule has 0 radical (unpaired) electrons. The number of piperidine rings is 1. The van der Waals surface area contributed by atoms with Gasteiger partial charge in [-0.05, 0) is 37.5 Å². The SMILES string of the molecule is O=C(CSc1cn(CC(=O)N2CCCCC2)c2ccccc12)Nc1ccccc1F. The van der Waals surface area contributed by atoms with Crippen molar-refractivity contribution in [3.05, 3.63) is 60.5 Å². The maximum atomic E-state index is 13.7. The number of thioether (sulfide) groups is 1. The van der Waals surface area contributed by atoms with Gasteiger partial charge in [0.15, 0.2) is 0 Å². The molecule has 0 spiro atoms. The maximum Gasteiger partial charge on any atom is 0.242 e. The number of hydrogen-bond donors (Lipinski definition) is 1. The lowest BCUT2D eigenvalue weighted by Gasteiger charge is -2.27. The Hall–Kier alpha value is -2.80. The Balaban J connectivity index is 1.46. The molecule has 2 heterocycles. The van der Waals surface area contributed by atoms with E-state index >= 15 is 0 Å². The van der Waals surface area contributed by atoms with E-state index in [0.29, 0.717) is 6.54 Å². The number of benzene rings is 2. The van der Waals surface area contributed by atoms with Gasteiger partial charge in [0.05, 0.1) is 11.4 Å². The van der Waals surface area contributed by atoms with Crippen molar-refractivity contribution in [3.8, 4) is 0 Å². The summed E-state index contributed by atoms with van der Waals surface area (Å²) in [6.07, 6.45) is 5.26. The van der Waals surface area contributed by atoms with Crippen LogP contribution in [0.15, 0.2) is 59.6 Å². The summed E-state index contributed by atoms with van der Waals surface area (Å²) in [5.41, 5.74) is 1.15. The van der Waals surface area contributed by atoms with Gasteiger partial charge >= 0.3 is 0 Å². The molecular formula is C23H24FN3O2S. The number of aromatic nitrogens is 1. The number of likely N-dealkylation sites (tertiary alicyclic amines) is 1. The molecule has 7 heteroatoms. The van der Waals surface area contributed by atoms with Crippen LogP contribution in [0.2, 0.25) is 0 Å². The van der Waals surface area contributed by atoms with Crippen molar-refractivity contribution < 1.29 is 14.0 Å². The highest BCUT2D eigenvalue weighted by atomic mass is 32.2. The highest BCUT2D eigenvalue weighted by Crippen LogP contribution is 2.30. The van der Waals surface area contributed by atoms with Crippen molar-refractivity contribution in [2.45, 2.75) is 30.7 Å². The third-order valence-electron chi connectivity index (χ3n) is 5.27. The molecule has 3 aromatic rings. The first-order valence-electron chi connectivity index (χ1n) is 10.1. The summed E-state index contributed by atoms with van der Waals surface area (Å²) in [5.74, 6) is -0.443. The fourth-order valence-electron chi connectivity index (χ4n) is 3.74. The summed E-state index contributed by atoms with van der Waals surface area (Å²) in [6, 6.07) is 14.0. The highest BCUT2D eigenvalue weighted by molar-refractivity contribution is 8.00. The average molecular weight is 426 g/mol. The van der Waals surface area contributed by atoms with Crippen molar-refractivity contribution in [1.82, 2.24) is 9.47 Å². The zero-order valence-electron chi connectivity index (χ0n) is 16.6. The summed E-state index contributed by atoms with van der Waals surface area (Å²) in [5, 5.41) is 3.62. The third-order valence-corrected chi connectivity index (χ3v) is 6.32. The van der Waals surface area contributed by atoms with Crippen LogP contribution in [0.3, 0.4) is 0 Å². The van der Waals surface area contributed by atoms with Crippen LogP contribution in [-0.2, 0) is 16.1 Å². The summed E-state index contributed by atoms with van der Waals surface area (Å²) in [4.78, 5) is 27.9. The van der Waals surface area contributed by atoms with Crippen molar-refractivity contribution in [2.24, 2.45) is 0 Å². The summed E-state index contributed by atoms with van der Waals surface area (Å²) >= 11 is 1.39. The number of fused-ring (bicyclic) bond motifs is 1. The van der Waals surface area contributed by atoms with Crippen LogP contribution in [0.4, 0.5) is 10.1 Å². The second kappa shape index (κ2) is 9.34. The van der Waals surface area contributed by atoms with Crippen LogP contribution in [0.1, 0.15) is 19.3 Å². The number of carbonyl (C=O) groups is 2. The van der Waals surface area contributed by atoms with Crippen molar-refractivity contribution in [3.63, 3.8) is 0 Å². The first kappa shape index (κ1) is 20.5. The van der Waals surface area contributed by atoms with Gasteiger partial charge in [0.1, 0.15) is 12.4 Å². The molecule has 1 saturated heterocycles. The molecule has 1 N–H and O–H groups in total. The van der Waals surface area contributed by atoms with E-state index in [2.05, 4.69) is 5.32 Å². The molecule has 0 bridgehead atoms. The Kier molecular flexibility index (Phi) is 6.38. The number of nitrogens with one attached hydrogen (secondary N) is 1. The van der Waals surface area contributed by atoms with Crippen LogP contribution in [0.5, 0.6) is 0 Å². The molecule has 2 aromatic carbocycles. The average Bonchev–Trinajstić information content (AvgIpc) is 3.12. The zero-order chi connectivity index (χ0) is 20.9. The molecule has 0 saturated carbocycles. The zero-order valence-corrected chi connectivity index (χ0v) is 17.5. The molecule has 1 aromatic heterocycles. The van der Waals surface area contributed by atoms with Gasteiger partial charge in [-0.15, -0.1) is 11.8 Å². The van der Waals surface area contributed by atoms with E-state index in [0.717, 1.165) is 41.7 Å². The van der Waals surface area contributed by atoms with E-state index in [-0.39, 0.29) is 23.3 Å². The van der Waals surface area contributed by atoms with Crippen molar-refractivity contribution >= 4 is 40.2 Å². The molecule has 1 aliphatic rings. The predicted octanol–water partition coefficient (Wildman–Crippen LogP) is 4.52. The number of para-hydroxylation sites is 2. The Morgan fingerprint density at radius 1 is 1.00 bits per heavy atom. The predicted molar refractivity (Wildman–Crippen MR) is 118 cm³/mol. The standard InChI is InChI=1S/C23H24FN3O2S/c24-18-9-3-4-10-19(18)25-22(28)16-30-21-14-27(20-11-5-2-8-17(20)21)15-23(29)26-12-6-1-7-13-26/h2-5,8-11,14H,1,6-7,12-13,15-16H2,(H,25,28). The molecule has 30 heavy (non-hydrogen) atoms. The molecule has 1 aliphatic heterocycles. The Bertz CT molecular complexity index is 1060. The van der Waals surface area contributed by atoms with E-state index in [4.69, 9.17) is 0 Å². The third kappa shape index (κ3) is 4.67. The molecule has 156 valence electrons. The van der Waals surface area contributed by atoms with E-state index in [9.17, 15) is 14.0 Å². The Morgan fingerprint density at radius 3 is 2.53 bits per heavy atom. The number of hydrogen-bond acceptors (Lipinski definition) is 3. The summed E-state index contributed by atoms with van der Waals surface area (Å²) in [7, 11) is 0. The second-order valence-corrected chi connectivity index (χ2v) is 8.41. The number of amides is 2. The fourth-order valence-corrected chi connectivity index (χ4v) is 4.63. The van der Waals surface area contributed by atoms with Crippen LogP contribution < -0.4 is 5.32 Å². The van der Waals surface area contributed by atoms with E-state index in [1.807, 2.05) is 39.9 Å². The number of carbonyl (C=O) groups excluding carboxylic acids is 2. The van der Waals surface area contributed by atoms with E-state index < -0.39 is 5.82 Å². The Labute approximate surface area is 179 Å². The maximum absolute atomic E-state index is 13.7. The largest absolute Gasteiger partial charge is 0.341 e. The number of rotatable bonds is 6. The minimum atomic E-state index is -0.455. The minimum Gasteiger partial charge on any atom is -0.341 e. The van der Waals surface area contributed by atoms with Gasteiger partial charge < -0.3 is 14.8 Å². The number of nitrogens with zero attached hydrogens (tertiary/aromatic N) is 2. The van der Waals surface area contributed by atoms with Gasteiger partial charge in [-0.2, -0.15) is 0 Å². The monoisotopic (exact) mass is 425 g/mol. The lowest BCUT2D eigenvalue weighted by molar-refractivity contribution is -0.132. The number of halogens is 1. The van der Waals surface area contributed by atoms with Gasteiger partial charge in [0.25, 0.3) is 0 Å². The lowest BCUT2D eigenvalue weighted by atomic mass is 10.1. The molecule has 4 rings (SSSR count). The van der Waals surface area contributed by atoms with Gasteiger partial charge in [0, 0.05) is 35.1 Å². The quantitative estimate of drug-likeness (QED) is 0.591. The molecule has 0 unspecified atom stereocenters. The van der Waals surface area contributed by atoms with Crippen LogP contribution in [0, 0.1) is 5.82 Å². The van der Waals surface area contributed by atoms with E-state index in [1.165, 1.54) is 30.3 Å². The topological polar surface area (TPSA) is 54.3 Å². The van der Waals surface area contributed by atoms with Gasteiger partial charge in [-0.1, -0.05) is 30.3 Å². The van der Waals surface area contributed by atoms with Crippen LogP contribution >= 0.6 is 11.8 Å². The normalized spacial score (nSPS) is 14.1. The highest BCUT2D eigenvalue weighted by Gasteiger charge is 2.19. The molecule has 2 amide bonds. The van der Waals surface area contributed by atoms with E-state index in [1.54, 1.807) is 12.1 Å². The van der Waals surface area contributed by atoms with Crippen LogP contribution in [-0.4, -0.2) is 40.1 Å². The molecule has 1 fully saturated rings. The van der Waals surface area contributed by atoms with Gasteiger partial charge in [0.2, 0.25) is 11.8 Å². The fraction of sp³-hybridized carbons (Fsp3) is 0.304. The first-order chi connectivity index (χ1) is 14.6. The minimum absolute atomic E-state index is 0.129. The summed E-state index contributed by atoms with van der Waals surface area (Å²) in [6.45, 7) is 1.95. The smallest absolute Gasteiger partial charge is 0.242 e. The Morgan fingerprint density at radius 2 is 1.73 bits per heavy atom.